The fourth-order valence-corrected chi connectivity index (χ4v) is 14.4. The maximum absolute atomic E-state index is 12.1. The normalized spacial score (nSPS) is 31.9. The number of fused-ring (bicyclic) bond motifs is 3. The topological polar surface area (TPSA) is 52.6 Å². The Balaban J connectivity index is 1.41. The van der Waals surface area contributed by atoms with Crippen molar-refractivity contribution >= 4 is 30.9 Å². The van der Waals surface area contributed by atoms with Crippen LogP contribution >= 0.6 is 0 Å². The van der Waals surface area contributed by atoms with Crippen molar-refractivity contribution in [2.24, 2.45) is 34.5 Å². The summed E-state index contributed by atoms with van der Waals surface area (Å²) < 4.78 is 12.7. The minimum Gasteiger partial charge on any atom is -0.456 e. The first-order valence-corrected chi connectivity index (χ1v) is 18.8. The lowest BCUT2D eigenvalue weighted by Crippen LogP contribution is -2.68. The van der Waals surface area contributed by atoms with E-state index in [0.29, 0.717) is 30.8 Å². The molecule has 0 spiro atoms. The van der Waals surface area contributed by atoms with Gasteiger partial charge in [-0.3, -0.25) is 0 Å². The van der Waals surface area contributed by atoms with Crippen LogP contribution in [-0.2, 0) is 18.8 Å². The summed E-state index contributed by atoms with van der Waals surface area (Å²) in [7, 11) is -2.61. The molecule has 44 heavy (non-hydrogen) atoms. The molecular formula is C39H52O4Si. The number of carbonyl (C=O) groups excluding carboxylic acids is 2. The SMILES string of the molecule is CCOC(=O)C#C[C@@]1(C)CC[C@H]2[C@@H](CC[C@H]3C[C@@H](O[Si](c4ccccc4)(c4ccccc4)C(C)(C)C)CC[C@@]32C)[C@@H]1CC=O. The van der Waals surface area contributed by atoms with Crippen LogP contribution in [0.2, 0.25) is 5.04 Å². The first-order valence-electron chi connectivity index (χ1n) is 16.9. The van der Waals surface area contributed by atoms with Crippen LogP contribution in [0.1, 0.15) is 92.9 Å². The van der Waals surface area contributed by atoms with Gasteiger partial charge in [-0.05, 0) is 103 Å². The maximum Gasteiger partial charge on any atom is 0.384 e. The lowest BCUT2D eigenvalue weighted by molar-refractivity contribution is -0.136. The Hall–Kier alpha value is -2.68. The molecule has 0 saturated heterocycles. The van der Waals surface area contributed by atoms with E-state index in [-0.39, 0.29) is 27.9 Å². The van der Waals surface area contributed by atoms with Crippen molar-refractivity contribution in [1.82, 2.24) is 0 Å². The Labute approximate surface area is 266 Å². The fraction of sp³-hybridized carbons (Fsp3) is 0.590. The summed E-state index contributed by atoms with van der Waals surface area (Å²) in [4.78, 5) is 24.1. The third kappa shape index (κ3) is 5.97. The molecule has 0 aliphatic heterocycles. The van der Waals surface area contributed by atoms with E-state index in [1.807, 2.05) is 0 Å². The van der Waals surface area contributed by atoms with Gasteiger partial charge in [0.15, 0.2) is 0 Å². The van der Waals surface area contributed by atoms with Crippen LogP contribution < -0.4 is 10.4 Å². The van der Waals surface area contributed by atoms with Gasteiger partial charge < -0.3 is 14.0 Å². The highest BCUT2D eigenvalue weighted by Gasteiger charge is 2.58. The molecule has 0 bridgehead atoms. The van der Waals surface area contributed by atoms with Crippen LogP contribution in [0.15, 0.2) is 60.7 Å². The Morgan fingerprint density at radius 3 is 2.16 bits per heavy atom. The molecule has 236 valence electrons. The van der Waals surface area contributed by atoms with Crippen molar-refractivity contribution in [3.8, 4) is 11.8 Å². The Bertz CT molecular complexity index is 1320. The second-order valence-corrected chi connectivity index (χ2v) is 19.4. The van der Waals surface area contributed by atoms with Crippen molar-refractivity contribution in [1.29, 1.82) is 0 Å². The minimum atomic E-state index is -2.61. The monoisotopic (exact) mass is 612 g/mol. The molecule has 0 radical (unpaired) electrons. The summed E-state index contributed by atoms with van der Waals surface area (Å²) in [6, 6.07) is 22.0. The number of rotatable bonds is 7. The van der Waals surface area contributed by atoms with Gasteiger partial charge in [-0.15, -0.1) is 0 Å². The lowest BCUT2D eigenvalue weighted by atomic mass is 9.44. The second-order valence-electron chi connectivity index (χ2n) is 15.2. The predicted octanol–water partition coefficient (Wildman–Crippen LogP) is 7.34. The summed E-state index contributed by atoms with van der Waals surface area (Å²) in [6.07, 6.45) is 9.44. The molecule has 0 unspecified atom stereocenters. The molecule has 3 aliphatic carbocycles. The van der Waals surface area contributed by atoms with Gasteiger partial charge in [-0.1, -0.05) is 94.3 Å². The molecule has 7 atom stereocenters. The Morgan fingerprint density at radius 2 is 1.59 bits per heavy atom. The standard InChI is InChI=1S/C39H52O4Si/c1-7-42-36(41)22-25-38(5)24-21-35-33(34(38)23-27-40)19-18-29-28-30(20-26-39(29,35)6)43-44(37(2,3)4,31-14-10-8-11-15-31)32-16-12-9-13-17-32/h8-17,27,29-30,33-35H,7,18-21,23-24,26,28H2,1-6H3/t29-,30-,33-,34-,35-,38+,39-/m0/s1. The van der Waals surface area contributed by atoms with E-state index in [2.05, 4.69) is 107 Å². The van der Waals surface area contributed by atoms with E-state index < -0.39 is 14.3 Å². The van der Waals surface area contributed by atoms with Gasteiger partial charge in [0.2, 0.25) is 0 Å². The Morgan fingerprint density at radius 1 is 0.955 bits per heavy atom. The number of benzene rings is 2. The third-order valence-electron chi connectivity index (χ3n) is 11.8. The Kier molecular flexibility index (Phi) is 9.64. The highest BCUT2D eigenvalue weighted by atomic mass is 28.4. The number of aldehydes is 1. The number of hydrogen-bond acceptors (Lipinski definition) is 4. The van der Waals surface area contributed by atoms with E-state index in [0.717, 1.165) is 51.2 Å². The first kappa shape index (κ1) is 32.7. The zero-order chi connectivity index (χ0) is 31.6. The van der Waals surface area contributed by atoms with Gasteiger partial charge in [0, 0.05) is 23.9 Å². The van der Waals surface area contributed by atoms with Gasteiger partial charge in [0.05, 0.1) is 6.61 Å². The van der Waals surface area contributed by atoms with E-state index >= 15 is 0 Å². The molecular weight excluding hydrogens is 561 g/mol. The van der Waals surface area contributed by atoms with Crippen LogP contribution in [-0.4, -0.2) is 33.3 Å². The summed E-state index contributed by atoms with van der Waals surface area (Å²) in [6.45, 7) is 13.9. The molecule has 3 fully saturated rings. The largest absolute Gasteiger partial charge is 0.456 e. The fourth-order valence-electron chi connectivity index (χ4n) is 9.64. The molecule has 2 aromatic rings. The van der Waals surface area contributed by atoms with Gasteiger partial charge >= 0.3 is 5.97 Å². The summed E-state index contributed by atoms with van der Waals surface area (Å²) in [5, 5.41) is 2.67. The molecule has 4 nitrogen and oxygen atoms in total. The van der Waals surface area contributed by atoms with Crippen molar-refractivity contribution in [2.45, 2.75) is 104 Å². The predicted molar refractivity (Wildman–Crippen MR) is 180 cm³/mol. The van der Waals surface area contributed by atoms with Crippen molar-refractivity contribution in [3.63, 3.8) is 0 Å². The zero-order valence-corrected chi connectivity index (χ0v) is 28.7. The zero-order valence-electron chi connectivity index (χ0n) is 27.7. The average molecular weight is 613 g/mol. The summed E-state index contributed by atoms with van der Waals surface area (Å²) in [5.74, 6) is 7.41. The maximum atomic E-state index is 12.1. The van der Waals surface area contributed by atoms with Gasteiger partial charge in [-0.2, -0.15) is 0 Å². The van der Waals surface area contributed by atoms with Crippen LogP contribution in [0.5, 0.6) is 0 Å². The van der Waals surface area contributed by atoms with Crippen LogP contribution in [0.3, 0.4) is 0 Å². The van der Waals surface area contributed by atoms with E-state index in [4.69, 9.17) is 9.16 Å². The van der Waals surface area contributed by atoms with Crippen LogP contribution in [0.25, 0.3) is 0 Å². The average Bonchev–Trinajstić information content (AvgIpc) is 3.01. The highest BCUT2D eigenvalue weighted by Crippen LogP contribution is 2.63. The molecule has 3 aliphatic rings. The van der Waals surface area contributed by atoms with Gasteiger partial charge in [0.25, 0.3) is 8.32 Å². The van der Waals surface area contributed by atoms with Gasteiger partial charge in [0.1, 0.15) is 6.29 Å². The molecule has 0 heterocycles. The smallest absolute Gasteiger partial charge is 0.384 e. The second kappa shape index (κ2) is 13.0. The van der Waals surface area contributed by atoms with Crippen LogP contribution in [0.4, 0.5) is 0 Å². The van der Waals surface area contributed by atoms with Crippen molar-refractivity contribution < 1.29 is 18.8 Å². The first-order chi connectivity index (χ1) is 21.0. The third-order valence-corrected chi connectivity index (χ3v) is 16.9. The highest BCUT2D eigenvalue weighted by molar-refractivity contribution is 6.99. The van der Waals surface area contributed by atoms with Crippen LogP contribution in [0, 0.1) is 46.3 Å². The molecule has 2 aromatic carbocycles. The number of esters is 1. The molecule has 0 aromatic heterocycles. The minimum absolute atomic E-state index is 0.0332. The molecule has 0 N–H and O–H groups in total. The summed E-state index contributed by atoms with van der Waals surface area (Å²) in [5.41, 5.74) is -0.118. The van der Waals surface area contributed by atoms with E-state index in [1.54, 1.807) is 6.92 Å². The molecule has 0 amide bonds. The van der Waals surface area contributed by atoms with Crippen molar-refractivity contribution in [3.05, 3.63) is 60.7 Å². The molecule has 5 rings (SSSR count). The quantitative estimate of drug-likeness (QED) is 0.108. The summed E-state index contributed by atoms with van der Waals surface area (Å²) >= 11 is 0. The number of hydrogen-bond donors (Lipinski definition) is 0. The number of carbonyl (C=O) groups is 2. The molecule has 3 saturated carbocycles. The lowest BCUT2D eigenvalue weighted by Gasteiger charge is -2.61. The van der Waals surface area contributed by atoms with E-state index in [9.17, 15) is 9.59 Å². The molecule has 5 heteroatoms. The van der Waals surface area contributed by atoms with Crippen molar-refractivity contribution in [2.75, 3.05) is 6.61 Å². The number of ether oxygens (including phenoxy) is 1. The van der Waals surface area contributed by atoms with Gasteiger partial charge in [-0.25, -0.2) is 4.79 Å². The van der Waals surface area contributed by atoms with E-state index in [1.165, 1.54) is 10.4 Å².